The Morgan fingerprint density at radius 1 is 0.361 bits per heavy atom. The minimum atomic E-state index is -0.800. The number of esters is 3. The lowest BCUT2D eigenvalue weighted by atomic mass is 10.1. The first kappa shape index (κ1) is 57.6. The summed E-state index contributed by atoms with van der Waals surface area (Å²) in [4.78, 5) is 37.9. The van der Waals surface area contributed by atoms with Crippen LogP contribution in [0.15, 0.2) is 85.1 Å². The molecule has 0 saturated heterocycles. The fraction of sp³-hybridized carbons (Fsp3) is 0.691. The quantitative estimate of drug-likeness (QED) is 0.0200. The van der Waals surface area contributed by atoms with Crippen LogP contribution in [-0.4, -0.2) is 37.2 Å². The van der Waals surface area contributed by atoms with Gasteiger partial charge >= 0.3 is 17.9 Å². The largest absolute Gasteiger partial charge is 0.462 e. The van der Waals surface area contributed by atoms with Crippen LogP contribution >= 0.6 is 0 Å². The molecule has 0 aromatic carbocycles. The maximum Gasteiger partial charge on any atom is 0.306 e. The molecule has 61 heavy (non-hydrogen) atoms. The van der Waals surface area contributed by atoms with Crippen molar-refractivity contribution in [1.82, 2.24) is 0 Å². The molecule has 1 atom stereocenters. The van der Waals surface area contributed by atoms with E-state index < -0.39 is 6.10 Å². The van der Waals surface area contributed by atoms with Gasteiger partial charge in [-0.15, -0.1) is 0 Å². The monoisotopic (exact) mass is 849 g/mol. The van der Waals surface area contributed by atoms with Gasteiger partial charge in [0.1, 0.15) is 13.2 Å². The molecule has 0 aliphatic heterocycles. The SMILES string of the molecule is CC/C=C\C/C=C\C/C=C\C/C=C\CCCCCCCCC(=O)OCC(COC(=O)CCCCC/C=C\C=C/CCCC)OC(=O)CCCCC/C=C\CCCCCCCC. The van der Waals surface area contributed by atoms with Crippen LogP contribution in [0, 0.1) is 0 Å². The highest BCUT2D eigenvalue weighted by molar-refractivity contribution is 5.71. The third kappa shape index (κ3) is 47.5. The minimum Gasteiger partial charge on any atom is -0.462 e. The van der Waals surface area contributed by atoms with Crippen molar-refractivity contribution in [3.05, 3.63) is 85.1 Å². The third-order valence-electron chi connectivity index (χ3n) is 10.4. The van der Waals surface area contributed by atoms with Crippen molar-refractivity contribution in [3.8, 4) is 0 Å². The van der Waals surface area contributed by atoms with Gasteiger partial charge in [0.05, 0.1) is 0 Å². The van der Waals surface area contributed by atoms with Crippen LogP contribution in [0.2, 0.25) is 0 Å². The highest BCUT2D eigenvalue weighted by atomic mass is 16.6. The van der Waals surface area contributed by atoms with Crippen molar-refractivity contribution in [3.63, 3.8) is 0 Å². The number of unbranched alkanes of at least 4 members (excludes halogenated alkanes) is 20. The second-order valence-electron chi connectivity index (χ2n) is 16.4. The molecule has 0 rings (SSSR count). The number of hydrogen-bond donors (Lipinski definition) is 0. The Balaban J connectivity index is 4.42. The minimum absolute atomic E-state index is 0.0994. The zero-order chi connectivity index (χ0) is 44.4. The van der Waals surface area contributed by atoms with E-state index in [0.717, 1.165) is 122 Å². The van der Waals surface area contributed by atoms with Crippen LogP contribution < -0.4 is 0 Å². The number of carbonyl (C=O) groups excluding carboxylic acids is 3. The molecule has 0 amide bonds. The third-order valence-corrected chi connectivity index (χ3v) is 10.4. The molecule has 0 bridgehead atoms. The van der Waals surface area contributed by atoms with Gasteiger partial charge in [0, 0.05) is 19.3 Å². The molecule has 0 N–H and O–H groups in total. The topological polar surface area (TPSA) is 78.9 Å². The molecule has 0 heterocycles. The van der Waals surface area contributed by atoms with Gasteiger partial charge in [0.15, 0.2) is 6.10 Å². The van der Waals surface area contributed by atoms with Crippen LogP contribution in [0.3, 0.4) is 0 Å². The standard InChI is InChI=1S/C55H92O6/c1-4-7-10-13-16-19-22-24-25-26-27-28-29-31-33-36-39-42-45-48-54(57)60-51-52(50-59-53(56)47-44-41-38-35-32-21-18-15-12-9-6-3)61-55(58)49-46-43-40-37-34-30-23-20-17-14-11-8-5-2/h7,10,15-16,18-19,21,24-25,27-28,30,32,34,52H,4-6,8-9,11-14,17,20,22-23,26,29,31,33,35-51H2,1-3H3/b10-7-,18-15-,19-16-,25-24-,28-27-,32-21-,34-30-. The molecule has 0 aromatic rings. The second-order valence-corrected chi connectivity index (χ2v) is 16.4. The maximum atomic E-state index is 12.8. The van der Waals surface area contributed by atoms with Crippen LogP contribution in [0.1, 0.15) is 226 Å². The van der Waals surface area contributed by atoms with E-state index in [1.807, 2.05) is 0 Å². The van der Waals surface area contributed by atoms with Gasteiger partial charge in [-0.25, -0.2) is 0 Å². The van der Waals surface area contributed by atoms with Crippen molar-refractivity contribution in [2.75, 3.05) is 13.2 Å². The van der Waals surface area contributed by atoms with Crippen LogP contribution in [0.4, 0.5) is 0 Å². The summed E-state index contributed by atoms with van der Waals surface area (Å²) in [6.45, 7) is 6.40. The summed E-state index contributed by atoms with van der Waals surface area (Å²) in [5.74, 6) is -0.961. The van der Waals surface area contributed by atoms with Crippen molar-refractivity contribution in [2.45, 2.75) is 232 Å². The molecule has 0 aliphatic carbocycles. The summed E-state index contributed by atoms with van der Waals surface area (Å²) >= 11 is 0. The number of carbonyl (C=O) groups is 3. The van der Waals surface area contributed by atoms with Crippen LogP contribution in [0.5, 0.6) is 0 Å². The smallest absolute Gasteiger partial charge is 0.306 e. The Labute approximate surface area is 375 Å². The van der Waals surface area contributed by atoms with E-state index in [1.54, 1.807) is 0 Å². The lowest BCUT2D eigenvalue weighted by Crippen LogP contribution is -2.30. The molecule has 0 aliphatic rings. The lowest BCUT2D eigenvalue weighted by molar-refractivity contribution is -0.167. The van der Waals surface area contributed by atoms with Crippen molar-refractivity contribution < 1.29 is 28.6 Å². The highest BCUT2D eigenvalue weighted by Gasteiger charge is 2.19. The molecule has 0 radical (unpaired) electrons. The van der Waals surface area contributed by atoms with Gasteiger partial charge in [-0.3, -0.25) is 14.4 Å². The number of hydrogen-bond acceptors (Lipinski definition) is 6. The van der Waals surface area contributed by atoms with E-state index in [4.69, 9.17) is 14.2 Å². The number of rotatable bonds is 44. The molecule has 6 nitrogen and oxygen atoms in total. The van der Waals surface area contributed by atoms with Crippen LogP contribution in [0.25, 0.3) is 0 Å². The summed E-state index contributed by atoms with van der Waals surface area (Å²) in [7, 11) is 0. The lowest BCUT2D eigenvalue weighted by Gasteiger charge is -2.18. The van der Waals surface area contributed by atoms with E-state index in [-0.39, 0.29) is 31.1 Å². The predicted octanol–water partition coefficient (Wildman–Crippen LogP) is 16.4. The van der Waals surface area contributed by atoms with Gasteiger partial charge < -0.3 is 14.2 Å². The number of allylic oxidation sites excluding steroid dienone is 14. The average molecular weight is 849 g/mol. The number of ether oxygens (including phenoxy) is 3. The fourth-order valence-corrected chi connectivity index (χ4v) is 6.58. The normalized spacial score (nSPS) is 12.8. The Hall–Kier alpha value is -3.41. The second kappa shape index (κ2) is 49.2. The Morgan fingerprint density at radius 3 is 1.18 bits per heavy atom. The average Bonchev–Trinajstić information content (AvgIpc) is 3.26. The van der Waals surface area contributed by atoms with Gasteiger partial charge in [-0.05, 0) is 103 Å². The first-order valence-electron chi connectivity index (χ1n) is 25.1. The van der Waals surface area contributed by atoms with Crippen molar-refractivity contribution in [2.24, 2.45) is 0 Å². The van der Waals surface area contributed by atoms with E-state index in [1.165, 1.54) is 64.2 Å². The van der Waals surface area contributed by atoms with E-state index >= 15 is 0 Å². The molecular formula is C55H92O6. The zero-order valence-electron chi connectivity index (χ0n) is 39.7. The summed E-state index contributed by atoms with van der Waals surface area (Å²) in [5, 5.41) is 0. The van der Waals surface area contributed by atoms with Gasteiger partial charge in [0.2, 0.25) is 0 Å². The first-order chi connectivity index (χ1) is 30.0. The maximum absolute atomic E-state index is 12.8. The predicted molar refractivity (Wildman–Crippen MR) is 261 cm³/mol. The van der Waals surface area contributed by atoms with Gasteiger partial charge in [0.25, 0.3) is 0 Å². The first-order valence-corrected chi connectivity index (χ1v) is 25.1. The Morgan fingerprint density at radius 2 is 0.705 bits per heavy atom. The molecule has 0 fully saturated rings. The summed E-state index contributed by atoms with van der Waals surface area (Å²) < 4.78 is 16.7. The molecule has 6 heteroatoms. The molecule has 0 saturated carbocycles. The summed E-state index contributed by atoms with van der Waals surface area (Å²) in [5.41, 5.74) is 0. The fourth-order valence-electron chi connectivity index (χ4n) is 6.58. The Bertz CT molecular complexity index is 1200. The van der Waals surface area contributed by atoms with Crippen molar-refractivity contribution >= 4 is 17.9 Å². The highest BCUT2D eigenvalue weighted by Crippen LogP contribution is 2.13. The summed E-state index contributed by atoms with van der Waals surface area (Å²) in [6, 6.07) is 0. The van der Waals surface area contributed by atoms with Gasteiger partial charge in [-0.2, -0.15) is 0 Å². The molecule has 0 spiro atoms. The molecule has 0 aromatic heterocycles. The van der Waals surface area contributed by atoms with E-state index in [9.17, 15) is 14.4 Å². The molecule has 348 valence electrons. The van der Waals surface area contributed by atoms with Gasteiger partial charge in [-0.1, -0.05) is 189 Å². The molecular weight excluding hydrogens is 757 g/mol. The van der Waals surface area contributed by atoms with E-state index in [2.05, 4.69) is 106 Å². The summed E-state index contributed by atoms with van der Waals surface area (Å²) in [6.07, 6.45) is 62.8. The molecule has 1 unspecified atom stereocenters. The van der Waals surface area contributed by atoms with E-state index in [0.29, 0.717) is 19.3 Å². The zero-order valence-corrected chi connectivity index (χ0v) is 39.7. The van der Waals surface area contributed by atoms with Crippen molar-refractivity contribution in [1.29, 1.82) is 0 Å². The van der Waals surface area contributed by atoms with Crippen LogP contribution in [-0.2, 0) is 28.6 Å². The Kier molecular flexibility index (Phi) is 46.5.